The zero-order valence-corrected chi connectivity index (χ0v) is 15.7. The Morgan fingerprint density at radius 2 is 2.04 bits per heavy atom. The normalized spacial score (nSPS) is 18.3. The summed E-state index contributed by atoms with van der Waals surface area (Å²) in [5.74, 6) is 0. The summed E-state index contributed by atoms with van der Waals surface area (Å²) in [7, 11) is 4.11. The van der Waals surface area contributed by atoms with Gasteiger partial charge < -0.3 is 14.4 Å². The minimum absolute atomic E-state index is 0.0239. The molecule has 0 spiro atoms. The minimum atomic E-state index is -4.37. The number of likely N-dealkylation sites (N-methyl/N-ethyl adjacent to an activating group) is 1. The van der Waals surface area contributed by atoms with E-state index in [2.05, 4.69) is 33.9 Å². The number of nitrogens with zero attached hydrogens (tertiary/aromatic N) is 5. The van der Waals surface area contributed by atoms with Gasteiger partial charge in [-0.15, -0.1) is 0 Å². The summed E-state index contributed by atoms with van der Waals surface area (Å²) in [5, 5.41) is 0.681. The molecular weight excluding hydrogens is 379 g/mol. The van der Waals surface area contributed by atoms with Gasteiger partial charge in [0.25, 0.3) is 0 Å². The summed E-state index contributed by atoms with van der Waals surface area (Å²) in [5.41, 5.74) is 2.10. The molecule has 0 N–H and O–H groups in total. The van der Waals surface area contributed by atoms with E-state index in [1.807, 2.05) is 12.1 Å². The fourth-order valence-corrected chi connectivity index (χ4v) is 4.04. The highest BCUT2D eigenvalue weighted by Crippen LogP contribution is 2.36. The van der Waals surface area contributed by atoms with Crippen LogP contribution in [0.5, 0.6) is 0 Å². The Hall–Kier alpha value is -2.06. The summed E-state index contributed by atoms with van der Waals surface area (Å²) < 4.78 is 40.6. The maximum absolute atomic E-state index is 13.1. The lowest BCUT2D eigenvalue weighted by molar-refractivity contribution is -0.139. The van der Waals surface area contributed by atoms with Crippen LogP contribution in [0.15, 0.2) is 24.5 Å². The van der Waals surface area contributed by atoms with Crippen molar-refractivity contribution in [2.75, 3.05) is 32.1 Å². The second-order valence-corrected chi connectivity index (χ2v) is 7.47. The highest BCUT2D eigenvalue weighted by atomic mass is 35.5. The Morgan fingerprint density at radius 1 is 1.26 bits per heavy atom. The smallest absolute Gasteiger partial charge is 0.370 e. The van der Waals surface area contributed by atoms with Crippen LogP contribution in [0, 0.1) is 0 Å². The number of rotatable bonds is 3. The highest BCUT2D eigenvalue weighted by Gasteiger charge is 2.31. The van der Waals surface area contributed by atoms with Crippen LogP contribution >= 0.6 is 11.6 Å². The van der Waals surface area contributed by atoms with E-state index in [4.69, 9.17) is 11.6 Å². The monoisotopic (exact) mass is 397 g/mol. The van der Waals surface area contributed by atoms with Crippen molar-refractivity contribution in [2.45, 2.75) is 25.2 Å². The van der Waals surface area contributed by atoms with E-state index in [1.165, 1.54) is 6.33 Å². The molecule has 0 amide bonds. The van der Waals surface area contributed by atoms with Crippen molar-refractivity contribution in [1.82, 2.24) is 19.4 Å². The van der Waals surface area contributed by atoms with Gasteiger partial charge in [0.15, 0.2) is 5.15 Å². The lowest BCUT2D eigenvalue weighted by atomic mass is 10.2. The Bertz CT molecular complexity index is 998. The van der Waals surface area contributed by atoms with Crippen molar-refractivity contribution in [3.63, 3.8) is 0 Å². The average molecular weight is 398 g/mol. The first-order valence-corrected chi connectivity index (χ1v) is 9.03. The molecule has 2 aromatic heterocycles. The molecular formula is C18H19ClF3N5. The van der Waals surface area contributed by atoms with Crippen molar-refractivity contribution in [3.8, 4) is 0 Å². The number of hydrogen-bond acceptors (Lipinski definition) is 4. The fourth-order valence-electron chi connectivity index (χ4n) is 3.80. The van der Waals surface area contributed by atoms with Gasteiger partial charge in [0.1, 0.15) is 23.9 Å². The molecule has 1 aromatic carbocycles. The second kappa shape index (κ2) is 6.53. The van der Waals surface area contributed by atoms with Gasteiger partial charge in [0.05, 0.1) is 5.52 Å². The van der Waals surface area contributed by atoms with Crippen molar-refractivity contribution < 1.29 is 13.2 Å². The molecule has 0 radical (unpaired) electrons. The molecule has 0 bridgehead atoms. The van der Waals surface area contributed by atoms with Crippen LogP contribution in [0.3, 0.4) is 0 Å². The highest BCUT2D eigenvalue weighted by molar-refractivity contribution is 6.34. The quantitative estimate of drug-likeness (QED) is 0.627. The summed E-state index contributed by atoms with van der Waals surface area (Å²) in [4.78, 5) is 12.5. The lowest BCUT2D eigenvalue weighted by Gasteiger charge is -2.22. The predicted molar refractivity (Wildman–Crippen MR) is 100 cm³/mol. The van der Waals surface area contributed by atoms with Crippen molar-refractivity contribution >= 4 is 39.2 Å². The van der Waals surface area contributed by atoms with Gasteiger partial charge in [-0.3, -0.25) is 0 Å². The van der Waals surface area contributed by atoms with Crippen LogP contribution in [0.2, 0.25) is 5.15 Å². The van der Waals surface area contributed by atoms with E-state index in [9.17, 15) is 13.2 Å². The minimum Gasteiger partial charge on any atom is -0.370 e. The number of fused-ring (bicyclic) bond motifs is 3. The third-order valence-corrected chi connectivity index (χ3v) is 5.45. The van der Waals surface area contributed by atoms with Gasteiger partial charge in [-0.25, -0.2) is 9.97 Å². The Labute approximate surface area is 159 Å². The number of hydrogen-bond donors (Lipinski definition) is 0. The molecule has 1 fully saturated rings. The van der Waals surface area contributed by atoms with E-state index in [-0.39, 0.29) is 10.7 Å². The molecule has 1 aliphatic rings. The van der Waals surface area contributed by atoms with Gasteiger partial charge in [-0.1, -0.05) is 11.6 Å². The standard InChI is InChI=1S/C18H19ClF3N5/c1-25(2)12-5-6-26(8-12)11-3-4-14-13(7-11)15-16(17(19)24-10-23-15)27(14)9-18(20,21)22/h3-4,7,10,12H,5-6,8-9H2,1-2H3. The third-order valence-electron chi connectivity index (χ3n) is 5.17. The molecule has 27 heavy (non-hydrogen) atoms. The molecule has 3 heterocycles. The van der Waals surface area contributed by atoms with E-state index in [0.717, 1.165) is 29.8 Å². The number of halogens is 4. The van der Waals surface area contributed by atoms with Crippen LogP contribution in [0.1, 0.15) is 6.42 Å². The summed E-state index contributed by atoms with van der Waals surface area (Å²) in [6.07, 6.45) is -2.04. The maximum atomic E-state index is 13.1. The molecule has 5 nitrogen and oxygen atoms in total. The summed E-state index contributed by atoms with van der Waals surface area (Å²) >= 11 is 6.13. The number of aromatic nitrogens is 3. The zero-order valence-electron chi connectivity index (χ0n) is 15.0. The Kier molecular flexibility index (Phi) is 4.43. The molecule has 1 aliphatic heterocycles. The first-order chi connectivity index (χ1) is 12.7. The molecule has 0 aliphatic carbocycles. The fraction of sp³-hybridized carbons (Fsp3) is 0.444. The number of benzene rings is 1. The van der Waals surface area contributed by atoms with Crippen LogP contribution in [0.4, 0.5) is 18.9 Å². The molecule has 3 aromatic rings. The van der Waals surface area contributed by atoms with Gasteiger partial charge in [-0.2, -0.15) is 13.2 Å². The van der Waals surface area contributed by atoms with E-state index < -0.39 is 12.7 Å². The van der Waals surface area contributed by atoms with Crippen LogP contribution in [-0.4, -0.2) is 58.8 Å². The SMILES string of the molecule is CN(C)C1CCN(c2ccc3c(c2)c2ncnc(Cl)c2n3CC(F)(F)F)C1. The largest absolute Gasteiger partial charge is 0.406 e. The van der Waals surface area contributed by atoms with Gasteiger partial charge >= 0.3 is 6.18 Å². The van der Waals surface area contributed by atoms with E-state index >= 15 is 0 Å². The van der Waals surface area contributed by atoms with Crippen molar-refractivity contribution in [3.05, 3.63) is 29.7 Å². The Morgan fingerprint density at radius 3 is 2.70 bits per heavy atom. The molecule has 9 heteroatoms. The van der Waals surface area contributed by atoms with Crippen LogP contribution < -0.4 is 4.90 Å². The molecule has 1 atom stereocenters. The number of alkyl halides is 3. The van der Waals surface area contributed by atoms with Gasteiger partial charge in [-0.05, 0) is 38.7 Å². The second-order valence-electron chi connectivity index (χ2n) is 7.12. The topological polar surface area (TPSA) is 37.2 Å². The van der Waals surface area contributed by atoms with Crippen LogP contribution in [0.25, 0.3) is 21.9 Å². The van der Waals surface area contributed by atoms with E-state index in [0.29, 0.717) is 22.5 Å². The molecule has 0 saturated carbocycles. The lowest BCUT2D eigenvalue weighted by Crippen LogP contribution is -2.31. The van der Waals surface area contributed by atoms with Crippen molar-refractivity contribution in [2.24, 2.45) is 0 Å². The zero-order chi connectivity index (χ0) is 19.3. The summed E-state index contributed by atoms with van der Waals surface area (Å²) in [6, 6.07) is 5.96. The molecule has 1 saturated heterocycles. The van der Waals surface area contributed by atoms with Crippen molar-refractivity contribution in [1.29, 1.82) is 0 Å². The average Bonchev–Trinajstić information content (AvgIpc) is 3.19. The first-order valence-electron chi connectivity index (χ1n) is 8.65. The maximum Gasteiger partial charge on any atom is 0.406 e. The van der Waals surface area contributed by atoms with Crippen LogP contribution in [-0.2, 0) is 6.54 Å². The van der Waals surface area contributed by atoms with Gasteiger partial charge in [0, 0.05) is 30.2 Å². The number of anilines is 1. The molecule has 1 unspecified atom stereocenters. The molecule has 4 rings (SSSR count). The summed E-state index contributed by atoms with van der Waals surface area (Å²) in [6.45, 7) is 0.659. The third kappa shape index (κ3) is 3.32. The Balaban J connectivity index is 1.85. The predicted octanol–water partition coefficient (Wildman–Crippen LogP) is 3.94. The first kappa shape index (κ1) is 18.3. The van der Waals surface area contributed by atoms with E-state index in [1.54, 1.807) is 6.07 Å². The molecule has 144 valence electrons. The van der Waals surface area contributed by atoms with Gasteiger partial charge in [0.2, 0.25) is 0 Å².